The number of aliphatic hydroxyl groups excluding tert-OH is 2. The molecular formula is C21H21ClN6O8. The molecule has 0 bridgehead atoms. The molecule has 0 aliphatic rings. The van der Waals surface area contributed by atoms with Gasteiger partial charge in [0.25, 0.3) is 11.8 Å². The van der Waals surface area contributed by atoms with Gasteiger partial charge >= 0.3 is 11.5 Å². The Hall–Kier alpha value is -4.24. The molecule has 14 nitrogen and oxygen atoms in total. The highest BCUT2D eigenvalue weighted by Gasteiger charge is 2.34. The molecule has 0 spiro atoms. The smallest absolute Gasteiger partial charge is 0.408 e. The first kappa shape index (κ1) is 26.4. The standard InChI is InChI=1S/C21H18ClN5O8.H3N/c22-7-8-27(12-5-6-13-14(9-12)34-20(32)24-13)19(31)16(29)15(28)18(30)23-11-3-1-10(2-4-11)17-25-21(33)35-26-17;/h1-6,9,15-16,28-29H,7-8H2,(H,23,30)(H,24,32)(H,25,26,33);1H3/t15-,16-;/m1./s1. The number of hydrogen-bond acceptors (Lipinski definition) is 10. The number of anilines is 2. The van der Waals surface area contributed by atoms with Crippen molar-refractivity contribution in [1.29, 1.82) is 0 Å². The molecule has 36 heavy (non-hydrogen) atoms. The van der Waals surface area contributed by atoms with Gasteiger partial charge in [-0.1, -0.05) is 5.16 Å². The summed E-state index contributed by atoms with van der Waals surface area (Å²) in [4.78, 5) is 53.7. The van der Waals surface area contributed by atoms with Crippen molar-refractivity contribution in [3.8, 4) is 11.4 Å². The minimum absolute atomic E-state index is 0. The number of amides is 2. The van der Waals surface area contributed by atoms with Gasteiger partial charge in [0.2, 0.25) is 0 Å². The zero-order valence-corrected chi connectivity index (χ0v) is 19.2. The maximum atomic E-state index is 12.9. The third-order valence-corrected chi connectivity index (χ3v) is 5.15. The van der Waals surface area contributed by atoms with Crippen LogP contribution in [0.25, 0.3) is 22.5 Å². The fourth-order valence-electron chi connectivity index (χ4n) is 3.27. The second-order valence-electron chi connectivity index (χ2n) is 7.27. The van der Waals surface area contributed by atoms with Crippen molar-refractivity contribution in [2.24, 2.45) is 0 Å². The Morgan fingerprint density at radius 2 is 1.78 bits per heavy atom. The van der Waals surface area contributed by atoms with E-state index in [1.54, 1.807) is 0 Å². The summed E-state index contributed by atoms with van der Waals surface area (Å²) in [7, 11) is 0. The van der Waals surface area contributed by atoms with Crippen LogP contribution in [0.4, 0.5) is 11.4 Å². The number of nitrogens with zero attached hydrogens (tertiary/aromatic N) is 2. The monoisotopic (exact) mass is 520 g/mol. The van der Waals surface area contributed by atoms with Gasteiger partial charge in [-0.15, -0.1) is 11.6 Å². The van der Waals surface area contributed by atoms with Crippen molar-refractivity contribution >= 4 is 45.9 Å². The zero-order valence-electron chi connectivity index (χ0n) is 18.4. The molecule has 0 fully saturated rings. The molecular weight excluding hydrogens is 500 g/mol. The van der Waals surface area contributed by atoms with Crippen LogP contribution in [0.15, 0.2) is 61.0 Å². The van der Waals surface area contributed by atoms with Crippen molar-refractivity contribution in [2.45, 2.75) is 12.2 Å². The van der Waals surface area contributed by atoms with Crippen molar-refractivity contribution < 1.29 is 28.7 Å². The number of alkyl halides is 1. The number of carbonyl (C=O) groups excluding carboxylic acids is 2. The Morgan fingerprint density at radius 3 is 2.42 bits per heavy atom. The molecule has 0 unspecified atom stereocenters. The number of oxazole rings is 1. The molecule has 8 N–H and O–H groups in total. The summed E-state index contributed by atoms with van der Waals surface area (Å²) in [5, 5.41) is 26.7. The summed E-state index contributed by atoms with van der Waals surface area (Å²) < 4.78 is 9.41. The Bertz CT molecular complexity index is 1470. The van der Waals surface area contributed by atoms with Crippen molar-refractivity contribution in [3.05, 3.63) is 63.6 Å². The number of carbonyl (C=O) groups is 2. The van der Waals surface area contributed by atoms with Crippen LogP contribution in [-0.2, 0) is 9.59 Å². The lowest BCUT2D eigenvalue weighted by atomic mass is 10.1. The van der Waals surface area contributed by atoms with Crippen LogP contribution in [0.5, 0.6) is 0 Å². The number of fused-ring (bicyclic) bond motifs is 1. The molecule has 2 aromatic heterocycles. The molecule has 0 saturated heterocycles. The van der Waals surface area contributed by atoms with Gasteiger partial charge in [0.15, 0.2) is 23.6 Å². The predicted molar refractivity (Wildman–Crippen MR) is 128 cm³/mol. The van der Waals surface area contributed by atoms with E-state index in [-0.39, 0.29) is 41.4 Å². The highest BCUT2D eigenvalue weighted by atomic mass is 35.5. The molecule has 4 rings (SSSR count). The Kier molecular flexibility index (Phi) is 8.06. The fraction of sp³-hybridized carbons (Fsp3) is 0.190. The number of hydrogen-bond donors (Lipinski definition) is 6. The number of aliphatic hydroxyl groups is 2. The highest BCUT2D eigenvalue weighted by molar-refractivity contribution is 6.18. The van der Waals surface area contributed by atoms with Gasteiger partial charge in [-0.05, 0) is 36.4 Å². The Labute approximate surface area is 206 Å². The van der Waals surface area contributed by atoms with Crippen molar-refractivity contribution in [3.63, 3.8) is 0 Å². The third kappa shape index (κ3) is 5.52. The van der Waals surface area contributed by atoms with E-state index in [9.17, 15) is 29.4 Å². The molecule has 15 heteroatoms. The van der Waals surface area contributed by atoms with Gasteiger partial charge in [0.1, 0.15) is 0 Å². The number of benzene rings is 2. The Morgan fingerprint density at radius 1 is 1.06 bits per heavy atom. The van der Waals surface area contributed by atoms with Crippen molar-refractivity contribution in [1.82, 2.24) is 21.3 Å². The van der Waals surface area contributed by atoms with Crippen LogP contribution in [-0.4, -0.2) is 61.8 Å². The minimum Gasteiger partial charge on any atom is -0.408 e. The number of aromatic nitrogens is 3. The molecule has 4 aromatic rings. The van der Waals surface area contributed by atoms with Crippen molar-refractivity contribution in [2.75, 3.05) is 22.6 Å². The normalized spacial score (nSPS) is 12.5. The van der Waals surface area contributed by atoms with Crippen LogP contribution >= 0.6 is 11.6 Å². The van der Waals surface area contributed by atoms with Crippen LogP contribution in [0.1, 0.15) is 0 Å². The number of rotatable bonds is 8. The fourth-order valence-corrected chi connectivity index (χ4v) is 3.44. The van der Waals surface area contributed by atoms with E-state index < -0.39 is 35.5 Å². The molecule has 0 aliphatic heterocycles. The third-order valence-electron chi connectivity index (χ3n) is 4.98. The predicted octanol–water partition coefficient (Wildman–Crippen LogP) is 0.559. The first-order valence-electron chi connectivity index (χ1n) is 10.1. The largest absolute Gasteiger partial charge is 0.439 e. The van der Waals surface area contributed by atoms with E-state index in [0.29, 0.717) is 11.1 Å². The summed E-state index contributed by atoms with van der Waals surface area (Å²) in [6.07, 6.45) is -4.23. The summed E-state index contributed by atoms with van der Waals surface area (Å²) in [5.41, 5.74) is 1.55. The number of aromatic amines is 2. The SMILES string of the molecule is N.O=C(Nc1ccc(-c2noc(=O)[nH]2)cc1)[C@H](O)[C@@H](O)C(=O)N(CCCl)c1ccc2[nH]c(=O)oc2c1. The van der Waals surface area contributed by atoms with E-state index >= 15 is 0 Å². The summed E-state index contributed by atoms with van der Waals surface area (Å²) in [6, 6.07) is 10.3. The molecule has 190 valence electrons. The van der Waals surface area contributed by atoms with Gasteiger partial charge < -0.3 is 31.0 Å². The van der Waals surface area contributed by atoms with Gasteiger partial charge in [-0.3, -0.25) is 24.1 Å². The quantitative estimate of drug-likeness (QED) is 0.177. The second kappa shape index (κ2) is 11.0. The number of H-pyrrole nitrogens is 2. The number of halogens is 1. The first-order valence-corrected chi connectivity index (χ1v) is 10.6. The topological polar surface area (TPSA) is 230 Å². The maximum absolute atomic E-state index is 12.9. The maximum Gasteiger partial charge on any atom is 0.439 e. The van der Waals surface area contributed by atoms with E-state index in [0.717, 1.165) is 4.90 Å². The van der Waals surface area contributed by atoms with Gasteiger partial charge in [-0.25, -0.2) is 9.59 Å². The molecule has 2 heterocycles. The van der Waals surface area contributed by atoms with Crippen LogP contribution in [0.2, 0.25) is 0 Å². The van der Waals surface area contributed by atoms with E-state index in [1.165, 1.54) is 42.5 Å². The van der Waals surface area contributed by atoms with E-state index in [1.807, 2.05) is 0 Å². The lowest BCUT2D eigenvalue weighted by Gasteiger charge is -2.26. The molecule has 0 aliphatic carbocycles. The average Bonchev–Trinajstić information content (AvgIpc) is 3.45. The molecule has 0 radical (unpaired) electrons. The van der Waals surface area contributed by atoms with E-state index in [2.05, 4.69) is 25.0 Å². The lowest BCUT2D eigenvalue weighted by Crippen LogP contribution is -2.50. The summed E-state index contributed by atoms with van der Waals surface area (Å²) in [5.74, 6) is -3.26. The summed E-state index contributed by atoms with van der Waals surface area (Å²) >= 11 is 5.80. The van der Waals surface area contributed by atoms with Crippen LogP contribution in [0.3, 0.4) is 0 Å². The zero-order chi connectivity index (χ0) is 25.1. The minimum atomic E-state index is -2.12. The molecule has 2 aromatic carbocycles. The van der Waals surface area contributed by atoms with Gasteiger partial charge in [-0.2, -0.15) is 0 Å². The van der Waals surface area contributed by atoms with Gasteiger partial charge in [0.05, 0.1) is 5.52 Å². The number of nitrogens with one attached hydrogen (secondary N) is 3. The lowest BCUT2D eigenvalue weighted by molar-refractivity contribution is -0.141. The first-order chi connectivity index (χ1) is 16.8. The average molecular weight is 521 g/mol. The molecule has 0 saturated carbocycles. The second-order valence-corrected chi connectivity index (χ2v) is 7.65. The molecule has 2 amide bonds. The van der Waals surface area contributed by atoms with Crippen LogP contribution < -0.4 is 27.9 Å². The van der Waals surface area contributed by atoms with Gasteiger partial charge in [0, 0.05) is 35.4 Å². The Balaban J connectivity index is 0.00000361. The summed E-state index contributed by atoms with van der Waals surface area (Å²) in [6.45, 7) is -0.0580. The van der Waals surface area contributed by atoms with Crippen LogP contribution in [0, 0.1) is 0 Å². The molecule has 2 atom stereocenters. The van der Waals surface area contributed by atoms with E-state index in [4.69, 9.17) is 16.0 Å². The highest BCUT2D eigenvalue weighted by Crippen LogP contribution is 2.22.